The molecule has 2 heteroatoms. The van der Waals surface area contributed by atoms with Gasteiger partial charge < -0.3 is 10.2 Å². The van der Waals surface area contributed by atoms with E-state index in [0.717, 1.165) is 17.8 Å². The number of nitrogens with one attached hydrogen (secondary N) is 1. The lowest BCUT2D eigenvalue weighted by molar-refractivity contribution is 0.217. The minimum Gasteiger partial charge on any atom is -0.315 e. The van der Waals surface area contributed by atoms with Crippen molar-refractivity contribution in [3.63, 3.8) is 0 Å². The summed E-state index contributed by atoms with van der Waals surface area (Å²) in [6.07, 6.45) is 5.49. The third kappa shape index (κ3) is 4.89. The van der Waals surface area contributed by atoms with Crippen LogP contribution in [0.25, 0.3) is 0 Å². The summed E-state index contributed by atoms with van der Waals surface area (Å²) in [5.41, 5.74) is 0. The molecule has 0 aromatic carbocycles. The normalized spacial score (nSPS) is 26.0. The Labute approximate surface area is 115 Å². The Morgan fingerprint density at radius 2 is 1.89 bits per heavy atom. The second-order valence-electron chi connectivity index (χ2n) is 6.52. The van der Waals surface area contributed by atoms with Gasteiger partial charge in [0.05, 0.1) is 0 Å². The van der Waals surface area contributed by atoms with Crippen molar-refractivity contribution in [2.75, 3.05) is 26.7 Å². The molecule has 1 saturated heterocycles. The molecule has 0 bridgehead atoms. The summed E-state index contributed by atoms with van der Waals surface area (Å²) in [6.45, 7) is 13.3. The van der Waals surface area contributed by atoms with Gasteiger partial charge in [-0.15, -0.1) is 0 Å². The van der Waals surface area contributed by atoms with E-state index in [4.69, 9.17) is 0 Å². The van der Waals surface area contributed by atoms with Crippen LogP contribution in [0.5, 0.6) is 0 Å². The number of likely N-dealkylation sites (tertiary alicyclic amines) is 1. The predicted octanol–water partition coefficient (Wildman–Crippen LogP) is 3.38. The van der Waals surface area contributed by atoms with Crippen molar-refractivity contribution < 1.29 is 0 Å². The zero-order valence-electron chi connectivity index (χ0n) is 13.2. The van der Waals surface area contributed by atoms with Crippen LogP contribution >= 0.6 is 0 Å². The lowest BCUT2D eigenvalue weighted by atomic mass is 9.89. The maximum absolute atomic E-state index is 3.51. The van der Waals surface area contributed by atoms with Gasteiger partial charge in [-0.25, -0.2) is 0 Å². The third-order valence-electron chi connectivity index (χ3n) is 4.96. The Bertz CT molecular complexity index is 215. The van der Waals surface area contributed by atoms with E-state index in [9.17, 15) is 0 Å². The molecule has 0 aromatic heterocycles. The molecule has 0 aromatic rings. The average Bonchev–Trinajstić information content (AvgIpc) is 2.60. The number of likely N-dealkylation sites (N-methyl/N-ethyl adjacent to an activating group) is 1. The molecule has 108 valence electrons. The smallest absolute Gasteiger partial charge is 0.0217 e. The fourth-order valence-corrected chi connectivity index (χ4v) is 3.15. The van der Waals surface area contributed by atoms with Gasteiger partial charge in [0.2, 0.25) is 0 Å². The Morgan fingerprint density at radius 1 is 1.17 bits per heavy atom. The first-order valence-electron chi connectivity index (χ1n) is 7.98. The monoisotopic (exact) mass is 254 g/mol. The Hall–Kier alpha value is -0.0800. The van der Waals surface area contributed by atoms with Crippen LogP contribution in [0.3, 0.4) is 0 Å². The minimum absolute atomic E-state index is 0.658. The highest BCUT2D eigenvalue weighted by Crippen LogP contribution is 2.25. The van der Waals surface area contributed by atoms with Gasteiger partial charge in [-0.1, -0.05) is 34.1 Å². The number of nitrogens with zero attached hydrogens (tertiary/aromatic N) is 1. The molecule has 1 aliphatic rings. The largest absolute Gasteiger partial charge is 0.315 e. The molecule has 1 rings (SSSR count). The lowest BCUT2D eigenvalue weighted by Gasteiger charge is -2.29. The SMILES string of the molecule is CCC(C)C(CN1CCCC(C(C)C)CC1)NC. The van der Waals surface area contributed by atoms with Crippen LogP contribution in [0.1, 0.15) is 53.4 Å². The minimum atomic E-state index is 0.658. The number of hydrogen-bond acceptors (Lipinski definition) is 2. The Kier molecular flexibility index (Phi) is 7.25. The van der Waals surface area contributed by atoms with Crippen LogP contribution in [0.4, 0.5) is 0 Å². The van der Waals surface area contributed by atoms with Crippen LogP contribution in [-0.4, -0.2) is 37.6 Å². The van der Waals surface area contributed by atoms with E-state index in [0.29, 0.717) is 6.04 Å². The fourth-order valence-electron chi connectivity index (χ4n) is 3.15. The van der Waals surface area contributed by atoms with Crippen molar-refractivity contribution in [2.24, 2.45) is 17.8 Å². The van der Waals surface area contributed by atoms with Crippen molar-refractivity contribution in [3.8, 4) is 0 Å². The summed E-state index contributed by atoms with van der Waals surface area (Å²) >= 11 is 0. The van der Waals surface area contributed by atoms with Crippen LogP contribution in [0.2, 0.25) is 0 Å². The van der Waals surface area contributed by atoms with Crippen molar-refractivity contribution in [1.29, 1.82) is 0 Å². The first-order valence-corrected chi connectivity index (χ1v) is 7.98. The van der Waals surface area contributed by atoms with Gasteiger partial charge in [0.1, 0.15) is 0 Å². The second kappa shape index (κ2) is 8.16. The van der Waals surface area contributed by atoms with E-state index in [1.807, 2.05) is 0 Å². The van der Waals surface area contributed by atoms with E-state index in [-0.39, 0.29) is 0 Å². The summed E-state index contributed by atoms with van der Waals surface area (Å²) in [4.78, 5) is 2.69. The van der Waals surface area contributed by atoms with Gasteiger partial charge in [-0.3, -0.25) is 0 Å². The van der Waals surface area contributed by atoms with Crippen molar-refractivity contribution in [3.05, 3.63) is 0 Å². The molecule has 1 fully saturated rings. The summed E-state index contributed by atoms with van der Waals surface area (Å²) in [6, 6.07) is 0.658. The maximum Gasteiger partial charge on any atom is 0.0217 e. The highest BCUT2D eigenvalue weighted by atomic mass is 15.1. The zero-order chi connectivity index (χ0) is 13.5. The molecule has 1 heterocycles. The van der Waals surface area contributed by atoms with Crippen LogP contribution in [0.15, 0.2) is 0 Å². The molecular weight excluding hydrogens is 220 g/mol. The number of rotatable bonds is 6. The molecular formula is C16H34N2. The summed E-state index contributed by atoms with van der Waals surface area (Å²) in [7, 11) is 2.12. The average molecular weight is 254 g/mol. The van der Waals surface area contributed by atoms with Gasteiger partial charge in [-0.05, 0) is 57.2 Å². The topological polar surface area (TPSA) is 15.3 Å². The Balaban J connectivity index is 2.42. The van der Waals surface area contributed by atoms with E-state index in [2.05, 4.69) is 45.0 Å². The van der Waals surface area contributed by atoms with Gasteiger partial charge in [-0.2, -0.15) is 0 Å². The maximum atomic E-state index is 3.51. The standard InChI is InChI=1S/C16H34N2/c1-6-14(4)16(17-5)12-18-10-7-8-15(9-11-18)13(2)3/h13-17H,6-12H2,1-5H3. The molecule has 0 radical (unpaired) electrons. The molecule has 2 nitrogen and oxygen atoms in total. The highest BCUT2D eigenvalue weighted by Gasteiger charge is 2.22. The molecule has 1 N–H and O–H groups in total. The molecule has 0 aliphatic carbocycles. The van der Waals surface area contributed by atoms with Crippen molar-refractivity contribution in [1.82, 2.24) is 10.2 Å². The number of hydrogen-bond donors (Lipinski definition) is 1. The Morgan fingerprint density at radius 3 is 2.44 bits per heavy atom. The highest BCUT2D eigenvalue weighted by molar-refractivity contribution is 4.78. The zero-order valence-corrected chi connectivity index (χ0v) is 13.2. The van der Waals surface area contributed by atoms with Crippen LogP contribution < -0.4 is 5.32 Å². The van der Waals surface area contributed by atoms with E-state index >= 15 is 0 Å². The van der Waals surface area contributed by atoms with E-state index < -0.39 is 0 Å². The van der Waals surface area contributed by atoms with Gasteiger partial charge in [0.25, 0.3) is 0 Å². The van der Waals surface area contributed by atoms with Crippen LogP contribution in [0, 0.1) is 17.8 Å². The van der Waals surface area contributed by atoms with Gasteiger partial charge in [0, 0.05) is 12.6 Å². The molecule has 0 spiro atoms. The van der Waals surface area contributed by atoms with Crippen molar-refractivity contribution in [2.45, 2.75) is 59.4 Å². The molecule has 3 unspecified atom stereocenters. The lowest BCUT2D eigenvalue weighted by Crippen LogP contribution is -2.43. The van der Waals surface area contributed by atoms with Gasteiger partial charge >= 0.3 is 0 Å². The van der Waals surface area contributed by atoms with Crippen LogP contribution in [-0.2, 0) is 0 Å². The van der Waals surface area contributed by atoms with Gasteiger partial charge in [0.15, 0.2) is 0 Å². The molecule has 18 heavy (non-hydrogen) atoms. The summed E-state index contributed by atoms with van der Waals surface area (Å²) in [5, 5.41) is 3.51. The van der Waals surface area contributed by atoms with E-state index in [1.165, 1.54) is 45.3 Å². The fraction of sp³-hybridized carbons (Fsp3) is 1.00. The molecule has 0 amide bonds. The summed E-state index contributed by atoms with van der Waals surface area (Å²) in [5.74, 6) is 2.59. The summed E-state index contributed by atoms with van der Waals surface area (Å²) < 4.78 is 0. The molecule has 1 aliphatic heterocycles. The molecule has 3 atom stereocenters. The second-order valence-corrected chi connectivity index (χ2v) is 6.52. The predicted molar refractivity (Wildman–Crippen MR) is 80.9 cm³/mol. The first-order chi connectivity index (χ1) is 8.58. The quantitative estimate of drug-likeness (QED) is 0.782. The molecule has 0 saturated carbocycles. The van der Waals surface area contributed by atoms with Crippen molar-refractivity contribution >= 4 is 0 Å². The third-order valence-corrected chi connectivity index (χ3v) is 4.96. The first kappa shape index (κ1) is 16.0. The van der Waals surface area contributed by atoms with E-state index in [1.54, 1.807) is 0 Å².